The van der Waals surface area contributed by atoms with Gasteiger partial charge in [0.2, 0.25) is 5.91 Å². The number of rotatable bonds is 1. The maximum absolute atomic E-state index is 12.0. The summed E-state index contributed by atoms with van der Waals surface area (Å²) in [5, 5.41) is 3.06. The molecular weight excluding hydrogens is 286 g/mol. The molecule has 0 aromatic carbocycles. The van der Waals surface area contributed by atoms with Gasteiger partial charge in [-0.1, -0.05) is 19.4 Å². The highest BCUT2D eigenvalue weighted by molar-refractivity contribution is 5.88. The van der Waals surface area contributed by atoms with Crippen LogP contribution in [-0.2, 0) is 9.53 Å². The van der Waals surface area contributed by atoms with Gasteiger partial charge in [-0.3, -0.25) is 4.79 Å². The predicted molar refractivity (Wildman–Crippen MR) is 90.9 cm³/mol. The molecule has 3 fully saturated rings. The van der Waals surface area contributed by atoms with Gasteiger partial charge in [0.1, 0.15) is 0 Å². The second kappa shape index (κ2) is 5.34. The molecule has 1 N–H and O–H groups in total. The van der Waals surface area contributed by atoms with Crippen molar-refractivity contribution in [3.8, 4) is 0 Å². The van der Waals surface area contributed by atoms with Gasteiger partial charge >= 0.3 is 0 Å². The summed E-state index contributed by atoms with van der Waals surface area (Å²) in [6, 6.07) is 0. The number of methoxy groups -OCH3 is 1. The van der Waals surface area contributed by atoms with Crippen molar-refractivity contribution < 1.29 is 9.53 Å². The molecule has 3 heteroatoms. The van der Waals surface area contributed by atoms with Crippen LogP contribution in [0.4, 0.5) is 0 Å². The van der Waals surface area contributed by atoms with Gasteiger partial charge in [0.05, 0.1) is 6.10 Å². The van der Waals surface area contributed by atoms with E-state index in [1.807, 2.05) is 13.2 Å². The lowest BCUT2D eigenvalue weighted by atomic mass is 9.48. The van der Waals surface area contributed by atoms with Crippen LogP contribution in [0.25, 0.3) is 0 Å². The van der Waals surface area contributed by atoms with Crippen molar-refractivity contribution in [2.24, 2.45) is 28.6 Å². The first-order chi connectivity index (χ1) is 11.0. The highest BCUT2D eigenvalue weighted by Gasteiger charge is 2.58. The maximum Gasteiger partial charge on any atom is 0.243 e. The van der Waals surface area contributed by atoms with Crippen LogP contribution in [0.1, 0.15) is 58.8 Å². The van der Waals surface area contributed by atoms with E-state index in [-0.39, 0.29) is 11.3 Å². The average Bonchev–Trinajstić information content (AvgIpc) is 2.78. The second-order valence-electron chi connectivity index (χ2n) is 8.89. The number of amides is 1. The minimum absolute atomic E-state index is 0.128. The molecule has 23 heavy (non-hydrogen) atoms. The zero-order valence-corrected chi connectivity index (χ0v) is 14.9. The zero-order chi connectivity index (χ0) is 16.2. The largest absolute Gasteiger partial charge is 0.381 e. The Hall–Kier alpha value is -0.830. The Bertz CT molecular complexity index is 542. The van der Waals surface area contributed by atoms with E-state index < -0.39 is 0 Å². The van der Waals surface area contributed by atoms with E-state index in [1.165, 1.54) is 37.7 Å². The summed E-state index contributed by atoms with van der Waals surface area (Å²) in [6.45, 7) is 5.77. The minimum atomic E-state index is 0.128. The number of fused-ring (bicyclic) bond motifs is 5. The first-order valence-electron chi connectivity index (χ1n) is 9.51. The van der Waals surface area contributed by atoms with Crippen molar-refractivity contribution in [1.29, 1.82) is 0 Å². The molecule has 0 aromatic rings. The van der Waals surface area contributed by atoms with Crippen LogP contribution in [0.2, 0.25) is 0 Å². The third-order valence-corrected chi connectivity index (χ3v) is 8.18. The van der Waals surface area contributed by atoms with E-state index in [4.69, 9.17) is 4.74 Å². The fourth-order valence-electron chi connectivity index (χ4n) is 6.90. The van der Waals surface area contributed by atoms with E-state index in [1.54, 1.807) is 0 Å². The molecule has 4 rings (SSSR count). The molecule has 0 saturated heterocycles. The number of carbonyl (C=O) groups excluding carboxylic acids is 1. The Labute approximate surface area is 140 Å². The van der Waals surface area contributed by atoms with E-state index in [0.29, 0.717) is 11.5 Å². The summed E-state index contributed by atoms with van der Waals surface area (Å²) in [7, 11) is 1.90. The normalized spacial score (nSPS) is 49.3. The van der Waals surface area contributed by atoms with Gasteiger partial charge in [0.15, 0.2) is 0 Å². The summed E-state index contributed by atoms with van der Waals surface area (Å²) in [5.74, 6) is 2.52. The summed E-state index contributed by atoms with van der Waals surface area (Å²) >= 11 is 0. The molecule has 0 spiro atoms. The molecule has 3 aliphatic carbocycles. The third kappa shape index (κ3) is 2.15. The van der Waals surface area contributed by atoms with E-state index in [2.05, 4.69) is 19.2 Å². The van der Waals surface area contributed by atoms with Gasteiger partial charge in [-0.2, -0.15) is 0 Å². The van der Waals surface area contributed by atoms with E-state index in [0.717, 1.165) is 37.1 Å². The van der Waals surface area contributed by atoms with Crippen LogP contribution in [0.15, 0.2) is 11.6 Å². The van der Waals surface area contributed by atoms with Crippen molar-refractivity contribution in [3.05, 3.63) is 11.6 Å². The number of carbonyl (C=O) groups is 1. The Morgan fingerprint density at radius 1 is 1.13 bits per heavy atom. The van der Waals surface area contributed by atoms with Crippen LogP contribution in [0.5, 0.6) is 0 Å². The van der Waals surface area contributed by atoms with Crippen LogP contribution >= 0.6 is 0 Å². The van der Waals surface area contributed by atoms with Crippen molar-refractivity contribution >= 4 is 5.91 Å². The minimum Gasteiger partial charge on any atom is -0.381 e. The quantitative estimate of drug-likeness (QED) is 0.801. The second-order valence-corrected chi connectivity index (χ2v) is 8.89. The van der Waals surface area contributed by atoms with Gasteiger partial charge in [-0.15, -0.1) is 0 Å². The molecule has 6 atom stereocenters. The fourth-order valence-corrected chi connectivity index (χ4v) is 6.90. The van der Waals surface area contributed by atoms with Crippen LogP contribution in [0, 0.1) is 28.6 Å². The molecule has 3 nitrogen and oxygen atoms in total. The fraction of sp³-hybridized carbons (Fsp3) is 0.850. The first-order valence-corrected chi connectivity index (χ1v) is 9.51. The van der Waals surface area contributed by atoms with E-state index in [9.17, 15) is 4.79 Å². The molecule has 0 bridgehead atoms. The standard InChI is InChI=1S/C20H31NO2/c1-19-10-11-21-18(22)12-13(19)4-5-14-15-6-7-17(23-3)20(15,2)9-8-16(14)19/h12,14-17H,4-11H2,1-3H3,(H,21,22)/t14?,15-,16-,17-,19-,20-/m0/s1. The molecule has 1 aliphatic heterocycles. The summed E-state index contributed by atoms with van der Waals surface area (Å²) < 4.78 is 5.86. The zero-order valence-electron chi connectivity index (χ0n) is 14.9. The molecule has 1 heterocycles. The summed E-state index contributed by atoms with van der Waals surface area (Å²) in [5.41, 5.74) is 2.04. The predicted octanol–water partition coefficient (Wildman–Crippen LogP) is 3.69. The molecular formula is C20H31NO2. The van der Waals surface area contributed by atoms with Crippen LogP contribution < -0.4 is 5.32 Å². The van der Waals surface area contributed by atoms with Crippen molar-refractivity contribution in [3.63, 3.8) is 0 Å². The van der Waals surface area contributed by atoms with Crippen molar-refractivity contribution in [2.75, 3.05) is 13.7 Å². The number of nitrogens with one attached hydrogen (secondary N) is 1. The number of allylic oxidation sites excluding steroid dienone is 1. The monoisotopic (exact) mass is 317 g/mol. The highest BCUT2D eigenvalue weighted by Crippen LogP contribution is 2.64. The van der Waals surface area contributed by atoms with Crippen molar-refractivity contribution in [1.82, 2.24) is 5.32 Å². The summed E-state index contributed by atoms with van der Waals surface area (Å²) in [6.07, 6.45) is 11.1. The van der Waals surface area contributed by atoms with Crippen LogP contribution in [0.3, 0.4) is 0 Å². The van der Waals surface area contributed by atoms with Gasteiger partial charge in [0, 0.05) is 19.7 Å². The van der Waals surface area contributed by atoms with Crippen molar-refractivity contribution in [2.45, 2.75) is 64.9 Å². The first kappa shape index (κ1) is 15.7. The number of ether oxygens (including phenoxy) is 1. The lowest BCUT2D eigenvalue weighted by Crippen LogP contribution is -2.50. The Morgan fingerprint density at radius 3 is 2.74 bits per heavy atom. The molecule has 1 amide bonds. The van der Waals surface area contributed by atoms with Crippen LogP contribution in [-0.4, -0.2) is 25.7 Å². The summed E-state index contributed by atoms with van der Waals surface area (Å²) in [4.78, 5) is 12.0. The van der Waals surface area contributed by atoms with Gasteiger partial charge < -0.3 is 10.1 Å². The SMILES string of the molecule is CO[C@H]1CC[C@H]2C3CCC4=CC(=O)NCC[C@]4(C)[C@H]3CC[C@]12C. The Kier molecular flexibility index (Phi) is 3.64. The number of hydrogen-bond acceptors (Lipinski definition) is 2. The van der Waals surface area contributed by atoms with Gasteiger partial charge in [0.25, 0.3) is 0 Å². The lowest BCUT2D eigenvalue weighted by Gasteiger charge is -2.57. The highest BCUT2D eigenvalue weighted by atomic mass is 16.5. The van der Waals surface area contributed by atoms with Gasteiger partial charge in [-0.05, 0) is 73.5 Å². The smallest absolute Gasteiger partial charge is 0.243 e. The molecule has 0 aromatic heterocycles. The molecule has 0 radical (unpaired) electrons. The number of hydrogen-bond donors (Lipinski definition) is 1. The Morgan fingerprint density at radius 2 is 1.96 bits per heavy atom. The van der Waals surface area contributed by atoms with E-state index >= 15 is 0 Å². The lowest BCUT2D eigenvalue weighted by molar-refractivity contribution is -0.116. The molecule has 3 saturated carbocycles. The molecule has 4 aliphatic rings. The average molecular weight is 317 g/mol. The molecule has 128 valence electrons. The topological polar surface area (TPSA) is 38.3 Å². The maximum atomic E-state index is 12.0. The van der Waals surface area contributed by atoms with Gasteiger partial charge in [-0.25, -0.2) is 0 Å². The Balaban J connectivity index is 1.67. The third-order valence-electron chi connectivity index (χ3n) is 8.18. The molecule has 1 unspecified atom stereocenters.